The van der Waals surface area contributed by atoms with E-state index in [1.807, 2.05) is 6.92 Å². The van der Waals surface area contributed by atoms with Crippen LogP contribution >= 0.6 is 0 Å². The van der Waals surface area contributed by atoms with E-state index in [1.54, 1.807) is 0 Å². The summed E-state index contributed by atoms with van der Waals surface area (Å²) in [5.41, 5.74) is 0.317. The third kappa shape index (κ3) is 5.65. The monoisotopic (exact) mass is 258 g/mol. The van der Waals surface area contributed by atoms with E-state index in [-0.39, 0.29) is 6.10 Å². The topological polar surface area (TPSA) is 44.7 Å². The van der Waals surface area contributed by atoms with Gasteiger partial charge in [-0.2, -0.15) is 0 Å². The van der Waals surface area contributed by atoms with Crippen molar-refractivity contribution in [2.45, 2.75) is 39.2 Å². The summed E-state index contributed by atoms with van der Waals surface area (Å²) < 4.78 is 5.50. The van der Waals surface area contributed by atoms with Crippen molar-refractivity contribution >= 4 is 0 Å². The molecule has 1 unspecified atom stereocenters. The van der Waals surface area contributed by atoms with Crippen molar-refractivity contribution in [3.63, 3.8) is 0 Å². The van der Waals surface area contributed by atoms with Crippen LogP contribution in [0.15, 0.2) is 0 Å². The molecule has 1 atom stereocenters. The Bertz CT molecular complexity index is 216. The third-order valence-corrected chi connectivity index (χ3v) is 3.66. The van der Waals surface area contributed by atoms with Crippen molar-refractivity contribution in [2.75, 3.05) is 46.4 Å². The van der Waals surface area contributed by atoms with E-state index in [4.69, 9.17) is 4.74 Å². The van der Waals surface area contributed by atoms with Crippen molar-refractivity contribution in [1.82, 2.24) is 10.2 Å². The van der Waals surface area contributed by atoms with Crippen LogP contribution in [-0.2, 0) is 4.74 Å². The van der Waals surface area contributed by atoms with Crippen LogP contribution in [-0.4, -0.2) is 62.6 Å². The van der Waals surface area contributed by atoms with Crippen LogP contribution in [0.25, 0.3) is 0 Å². The molecule has 1 aliphatic heterocycles. The van der Waals surface area contributed by atoms with Crippen LogP contribution in [0.4, 0.5) is 0 Å². The molecule has 1 rings (SSSR count). The van der Waals surface area contributed by atoms with E-state index >= 15 is 0 Å². The first-order chi connectivity index (χ1) is 8.58. The Morgan fingerprint density at radius 2 is 2.06 bits per heavy atom. The highest BCUT2D eigenvalue weighted by Crippen LogP contribution is 2.30. The Morgan fingerprint density at radius 1 is 1.39 bits per heavy atom. The number of likely N-dealkylation sites (N-methyl/N-ethyl adjacent to an activating group) is 1. The van der Waals surface area contributed by atoms with Crippen LogP contribution in [0.5, 0.6) is 0 Å². The molecule has 4 nitrogen and oxygen atoms in total. The summed E-state index contributed by atoms with van der Waals surface area (Å²) >= 11 is 0. The van der Waals surface area contributed by atoms with E-state index in [2.05, 4.69) is 24.2 Å². The Morgan fingerprint density at radius 3 is 2.61 bits per heavy atom. The molecule has 2 N–H and O–H groups in total. The van der Waals surface area contributed by atoms with Gasteiger partial charge in [0.15, 0.2) is 0 Å². The maximum Gasteiger partial charge on any atom is 0.0638 e. The lowest BCUT2D eigenvalue weighted by Crippen LogP contribution is -2.47. The molecule has 0 bridgehead atoms. The molecule has 1 aliphatic rings. The van der Waals surface area contributed by atoms with Crippen LogP contribution in [0, 0.1) is 5.41 Å². The summed E-state index contributed by atoms with van der Waals surface area (Å²) in [4.78, 5) is 2.25. The van der Waals surface area contributed by atoms with Gasteiger partial charge in [0.1, 0.15) is 0 Å². The number of ether oxygens (including phenoxy) is 1. The summed E-state index contributed by atoms with van der Waals surface area (Å²) in [5, 5.41) is 13.0. The van der Waals surface area contributed by atoms with Gasteiger partial charge in [-0.1, -0.05) is 6.92 Å². The van der Waals surface area contributed by atoms with Crippen molar-refractivity contribution in [2.24, 2.45) is 5.41 Å². The molecular weight excluding hydrogens is 228 g/mol. The SMILES string of the molecule is CCCNCC1(CN(C)CC(C)O)CCOCC1. The largest absolute Gasteiger partial charge is 0.392 e. The zero-order chi connectivity index (χ0) is 13.4. The van der Waals surface area contributed by atoms with E-state index in [0.717, 1.165) is 52.2 Å². The van der Waals surface area contributed by atoms with Crippen molar-refractivity contribution in [3.8, 4) is 0 Å². The lowest BCUT2D eigenvalue weighted by Gasteiger charge is -2.40. The second-order valence-electron chi connectivity index (χ2n) is 5.83. The number of hydrogen-bond acceptors (Lipinski definition) is 4. The zero-order valence-electron chi connectivity index (χ0n) is 12.2. The van der Waals surface area contributed by atoms with E-state index in [9.17, 15) is 5.11 Å². The third-order valence-electron chi connectivity index (χ3n) is 3.66. The first-order valence-corrected chi connectivity index (χ1v) is 7.23. The van der Waals surface area contributed by atoms with Crippen molar-refractivity contribution in [3.05, 3.63) is 0 Å². The fraction of sp³-hybridized carbons (Fsp3) is 1.00. The average Bonchev–Trinajstić information content (AvgIpc) is 2.29. The Labute approximate surface area is 112 Å². The Balaban J connectivity index is 2.48. The van der Waals surface area contributed by atoms with Gasteiger partial charge in [-0.25, -0.2) is 0 Å². The minimum Gasteiger partial charge on any atom is -0.392 e. The highest BCUT2D eigenvalue weighted by atomic mass is 16.5. The summed E-state index contributed by atoms with van der Waals surface area (Å²) in [5.74, 6) is 0. The Hall–Kier alpha value is -0.160. The number of rotatable bonds is 8. The van der Waals surface area contributed by atoms with Gasteiger partial charge in [0, 0.05) is 32.8 Å². The minimum atomic E-state index is -0.254. The average molecular weight is 258 g/mol. The summed E-state index contributed by atoms with van der Waals surface area (Å²) in [6.07, 6.45) is 3.16. The van der Waals surface area contributed by atoms with E-state index in [0.29, 0.717) is 5.41 Å². The molecule has 18 heavy (non-hydrogen) atoms. The zero-order valence-corrected chi connectivity index (χ0v) is 12.2. The van der Waals surface area contributed by atoms with Gasteiger partial charge < -0.3 is 20.1 Å². The predicted molar refractivity (Wildman–Crippen MR) is 74.8 cm³/mol. The second kappa shape index (κ2) is 8.10. The number of aliphatic hydroxyl groups excluding tert-OH is 1. The van der Waals surface area contributed by atoms with Gasteiger partial charge in [0.05, 0.1) is 6.10 Å². The lowest BCUT2D eigenvalue weighted by molar-refractivity contribution is -0.00540. The molecule has 1 heterocycles. The van der Waals surface area contributed by atoms with Gasteiger partial charge in [-0.05, 0) is 45.2 Å². The van der Waals surface area contributed by atoms with Crippen molar-refractivity contribution in [1.29, 1.82) is 0 Å². The first kappa shape index (κ1) is 15.9. The summed E-state index contributed by atoms with van der Waals surface area (Å²) in [6.45, 7) is 9.73. The van der Waals surface area contributed by atoms with Crippen LogP contribution < -0.4 is 5.32 Å². The fourth-order valence-corrected chi connectivity index (χ4v) is 2.81. The number of aliphatic hydroxyl groups is 1. The molecule has 1 saturated heterocycles. The molecule has 0 aromatic rings. The molecule has 4 heteroatoms. The smallest absolute Gasteiger partial charge is 0.0638 e. The summed E-state index contributed by atoms with van der Waals surface area (Å²) in [7, 11) is 2.10. The van der Waals surface area contributed by atoms with Crippen LogP contribution in [0.1, 0.15) is 33.1 Å². The van der Waals surface area contributed by atoms with Crippen LogP contribution in [0.3, 0.4) is 0 Å². The molecule has 0 aromatic heterocycles. The highest BCUT2D eigenvalue weighted by Gasteiger charge is 2.33. The van der Waals surface area contributed by atoms with Gasteiger partial charge in [0.25, 0.3) is 0 Å². The lowest BCUT2D eigenvalue weighted by atomic mass is 9.79. The molecule has 1 fully saturated rings. The van der Waals surface area contributed by atoms with E-state index in [1.165, 1.54) is 6.42 Å². The highest BCUT2D eigenvalue weighted by molar-refractivity contribution is 4.87. The molecular formula is C14H30N2O2. The molecule has 0 amide bonds. The molecule has 0 aromatic carbocycles. The Kier molecular flexibility index (Phi) is 7.15. The quantitative estimate of drug-likeness (QED) is 0.640. The maximum atomic E-state index is 9.47. The fourth-order valence-electron chi connectivity index (χ4n) is 2.81. The normalized spacial score (nSPS) is 21.2. The molecule has 108 valence electrons. The number of nitrogens with zero attached hydrogens (tertiary/aromatic N) is 1. The predicted octanol–water partition coefficient (Wildman–Crippen LogP) is 1.10. The second-order valence-corrected chi connectivity index (χ2v) is 5.83. The molecule has 0 radical (unpaired) electrons. The van der Waals surface area contributed by atoms with Gasteiger partial charge in [-0.15, -0.1) is 0 Å². The standard InChI is InChI=1S/C14H30N2O2/c1-4-7-15-11-14(5-8-18-9-6-14)12-16(3)10-13(2)17/h13,15,17H,4-12H2,1-3H3. The number of nitrogens with one attached hydrogen (secondary N) is 1. The number of hydrogen-bond donors (Lipinski definition) is 2. The minimum absolute atomic E-state index is 0.254. The summed E-state index contributed by atoms with van der Waals surface area (Å²) in [6, 6.07) is 0. The van der Waals surface area contributed by atoms with Gasteiger partial charge in [-0.3, -0.25) is 0 Å². The van der Waals surface area contributed by atoms with Gasteiger partial charge >= 0.3 is 0 Å². The maximum absolute atomic E-state index is 9.47. The van der Waals surface area contributed by atoms with E-state index < -0.39 is 0 Å². The molecule has 0 saturated carbocycles. The van der Waals surface area contributed by atoms with Crippen LogP contribution in [0.2, 0.25) is 0 Å². The molecule has 0 aliphatic carbocycles. The first-order valence-electron chi connectivity index (χ1n) is 7.23. The van der Waals surface area contributed by atoms with Gasteiger partial charge in [0.2, 0.25) is 0 Å². The van der Waals surface area contributed by atoms with Crippen molar-refractivity contribution < 1.29 is 9.84 Å². The molecule has 0 spiro atoms.